The third-order valence-electron chi connectivity index (χ3n) is 1.91. The maximum atomic E-state index is 11.5. The van der Waals surface area contributed by atoms with Crippen LogP contribution in [-0.4, -0.2) is 28.6 Å². The Hall–Kier alpha value is -1.70. The number of phenols is 2. The number of nitrogens with two attached hydrogens (primary N) is 1. The van der Waals surface area contributed by atoms with Crippen molar-refractivity contribution in [3.63, 3.8) is 0 Å². The van der Waals surface area contributed by atoms with E-state index in [-0.39, 0.29) is 29.5 Å². The molecule has 100 valence electrons. The fourth-order valence-corrected chi connectivity index (χ4v) is 1.28. The highest BCUT2D eigenvalue weighted by Gasteiger charge is 2.16. The highest BCUT2D eigenvalue weighted by atomic mass is 35.5. The summed E-state index contributed by atoms with van der Waals surface area (Å²) in [6, 6.07) is 2.33. The summed E-state index contributed by atoms with van der Waals surface area (Å²) in [5.41, 5.74) is 1.77. The number of carbonyl (C=O) groups excluding carboxylic acids is 2. The molecular weight excluding hydrogens is 285 g/mol. The zero-order valence-corrected chi connectivity index (χ0v) is 10.5. The topological polar surface area (TPSA) is 125 Å². The molecule has 0 atom stereocenters. The number of benzene rings is 1. The van der Waals surface area contributed by atoms with E-state index in [1.807, 2.05) is 5.43 Å². The van der Waals surface area contributed by atoms with Crippen LogP contribution >= 0.6 is 24.0 Å². The molecule has 0 aliphatic carbocycles. The first-order valence-electron chi connectivity index (χ1n) is 4.45. The minimum absolute atomic E-state index is 0. The molecule has 0 saturated heterocycles. The highest BCUT2D eigenvalue weighted by molar-refractivity contribution is 6.35. The van der Waals surface area contributed by atoms with Crippen molar-refractivity contribution in [3.05, 3.63) is 22.7 Å². The predicted octanol–water partition coefficient (Wildman–Crippen LogP) is -0.107. The van der Waals surface area contributed by atoms with Gasteiger partial charge in [-0.2, -0.15) is 0 Å². The van der Waals surface area contributed by atoms with Crippen LogP contribution in [0.15, 0.2) is 12.1 Å². The van der Waals surface area contributed by atoms with Crippen molar-refractivity contribution in [1.29, 1.82) is 0 Å². The molecule has 0 saturated carbocycles. The number of rotatable bonds is 3. The molecule has 0 aliphatic rings. The first-order valence-corrected chi connectivity index (χ1v) is 4.83. The van der Waals surface area contributed by atoms with Crippen LogP contribution in [0.4, 0.5) is 0 Å². The number of aromatic hydroxyl groups is 2. The number of hydrogen-bond acceptors (Lipinski definition) is 5. The number of carbonyl (C=O) groups is 2. The largest absolute Gasteiger partial charge is 0.504 e. The van der Waals surface area contributed by atoms with Crippen LogP contribution in [0, 0.1) is 0 Å². The molecule has 0 spiro atoms. The summed E-state index contributed by atoms with van der Waals surface area (Å²) >= 11 is 5.65. The first kappa shape index (κ1) is 16.3. The smallest absolute Gasteiger partial charge is 0.253 e. The summed E-state index contributed by atoms with van der Waals surface area (Å²) in [4.78, 5) is 22.3. The van der Waals surface area contributed by atoms with Gasteiger partial charge in [-0.25, -0.2) is 5.84 Å². The van der Waals surface area contributed by atoms with Gasteiger partial charge in [0.15, 0.2) is 11.5 Å². The molecule has 2 amide bonds. The van der Waals surface area contributed by atoms with Crippen molar-refractivity contribution in [2.24, 2.45) is 5.84 Å². The van der Waals surface area contributed by atoms with E-state index >= 15 is 0 Å². The van der Waals surface area contributed by atoms with Gasteiger partial charge < -0.3 is 15.5 Å². The maximum absolute atomic E-state index is 11.5. The Balaban J connectivity index is 0.00000289. The van der Waals surface area contributed by atoms with Gasteiger partial charge >= 0.3 is 0 Å². The fraction of sp³-hybridized carbons (Fsp3) is 0.111. The second-order valence-electron chi connectivity index (χ2n) is 3.05. The minimum Gasteiger partial charge on any atom is -0.504 e. The molecule has 0 bridgehead atoms. The van der Waals surface area contributed by atoms with Crippen molar-refractivity contribution in [3.8, 4) is 11.5 Å². The Bertz CT molecular complexity index is 467. The van der Waals surface area contributed by atoms with Gasteiger partial charge in [0.25, 0.3) is 11.8 Å². The van der Waals surface area contributed by atoms with Crippen molar-refractivity contribution in [2.75, 3.05) is 6.54 Å². The van der Waals surface area contributed by atoms with Crippen molar-refractivity contribution < 1.29 is 19.8 Å². The van der Waals surface area contributed by atoms with Gasteiger partial charge in [0.05, 0.1) is 17.1 Å². The van der Waals surface area contributed by atoms with Gasteiger partial charge in [0, 0.05) is 0 Å². The summed E-state index contributed by atoms with van der Waals surface area (Å²) in [6.07, 6.45) is 0. The van der Waals surface area contributed by atoms with Crippen LogP contribution in [0.5, 0.6) is 11.5 Å². The molecule has 0 unspecified atom stereocenters. The molecule has 7 nitrogen and oxygen atoms in total. The number of hydrazine groups is 1. The predicted molar refractivity (Wildman–Crippen MR) is 66.7 cm³/mol. The lowest BCUT2D eigenvalue weighted by Gasteiger charge is -2.07. The molecule has 18 heavy (non-hydrogen) atoms. The summed E-state index contributed by atoms with van der Waals surface area (Å²) in [6.45, 7) is -0.326. The van der Waals surface area contributed by atoms with Crippen LogP contribution in [0.1, 0.15) is 10.4 Å². The number of amides is 2. The number of hydrogen-bond donors (Lipinski definition) is 5. The number of halogens is 2. The lowest BCUT2D eigenvalue weighted by atomic mass is 10.2. The second kappa shape index (κ2) is 6.90. The van der Waals surface area contributed by atoms with Gasteiger partial charge in [-0.15, -0.1) is 12.4 Å². The summed E-state index contributed by atoms with van der Waals surface area (Å²) in [5.74, 6) is 2.53. The maximum Gasteiger partial charge on any atom is 0.253 e. The van der Waals surface area contributed by atoms with E-state index in [2.05, 4.69) is 5.32 Å². The lowest BCUT2D eigenvalue weighted by Crippen LogP contribution is -2.40. The minimum atomic E-state index is -0.672. The Labute approximate surface area is 113 Å². The standard InChI is InChI=1S/C9H10ClN3O4.ClH/c10-7-4(1-2-5(14)8(7)16)9(17)12-3-6(15)13-11;/h1-2,14,16H,3,11H2,(H,12,17)(H,13,15);1H. The van der Waals surface area contributed by atoms with Gasteiger partial charge in [-0.3, -0.25) is 15.0 Å². The summed E-state index contributed by atoms with van der Waals surface area (Å²) < 4.78 is 0. The fourth-order valence-electron chi connectivity index (χ4n) is 1.04. The SMILES string of the molecule is Cl.NNC(=O)CNC(=O)c1ccc(O)c(O)c1Cl. The molecule has 1 aromatic rings. The van der Waals surface area contributed by atoms with Gasteiger partial charge in [0.2, 0.25) is 0 Å². The van der Waals surface area contributed by atoms with Crippen molar-refractivity contribution in [2.45, 2.75) is 0 Å². The molecule has 0 aromatic heterocycles. The normalized spacial score (nSPS) is 9.22. The summed E-state index contributed by atoms with van der Waals surface area (Å²) in [5, 5.41) is 20.3. The zero-order chi connectivity index (χ0) is 13.0. The molecule has 1 aromatic carbocycles. The van der Waals surface area contributed by atoms with E-state index in [1.54, 1.807) is 0 Å². The Morgan fingerprint density at radius 1 is 1.33 bits per heavy atom. The lowest BCUT2D eigenvalue weighted by molar-refractivity contribution is -0.120. The number of nitrogens with one attached hydrogen (secondary N) is 2. The second-order valence-corrected chi connectivity index (χ2v) is 3.42. The van der Waals surface area contributed by atoms with Gasteiger partial charge in [0.1, 0.15) is 0 Å². The summed E-state index contributed by atoms with van der Waals surface area (Å²) in [7, 11) is 0. The molecule has 6 N–H and O–H groups in total. The Kier molecular flexibility index (Phi) is 6.24. The number of phenolic OH excluding ortho intramolecular Hbond substituents is 2. The van der Waals surface area contributed by atoms with Crippen LogP contribution < -0.4 is 16.6 Å². The molecule has 0 aliphatic heterocycles. The highest BCUT2D eigenvalue weighted by Crippen LogP contribution is 2.35. The Morgan fingerprint density at radius 2 is 1.94 bits per heavy atom. The molecule has 0 radical (unpaired) electrons. The van der Waals surface area contributed by atoms with E-state index in [0.29, 0.717) is 0 Å². The zero-order valence-electron chi connectivity index (χ0n) is 8.94. The quantitative estimate of drug-likeness (QED) is 0.230. The Morgan fingerprint density at radius 3 is 2.50 bits per heavy atom. The van der Waals surface area contributed by atoms with E-state index in [0.717, 1.165) is 6.07 Å². The third-order valence-corrected chi connectivity index (χ3v) is 2.29. The van der Waals surface area contributed by atoms with E-state index < -0.39 is 23.3 Å². The van der Waals surface area contributed by atoms with Gasteiger partial charge in [-0.05, 0) is 12.1 Å². The van der Waals surface area contributed by atoms with Gasteiger partial charge in [-0.1, -0.05) is 11.6 Å². The van der Waals surface area contributed by atoms with Crippen molar-refractivity contribution >= 4 is 35.8 Å². The van der Waals surface area contributed by atoms with E-state index in [9.17, 15) is 14.7 Å². The van der Waals surface area contributed by atoms with E-state index in [1.165, 1.54) is 6.07 Å². The van der Waals surface area contributed by atoms with E-state index in [4.69, 9.17) is 22.6 Å². The van der Waals surface area contributed by atoms with Crippen molar-refractivity contribution in [1.82, 2.24) is 10.7 Å². The molecule has 0 heterocycles. The van der Waals surface area contributed by atoms with Crippen LogP contribution in [0.3, 0.4) is 0 Å². The average Bonchev–Trinajstić information content (AvgIpc) is 2.32. The molecule has 0 fully saturated rings. The van der Waals surface area contributed by atoms with Crippen LogP contribution in [0.2, 0.25) is 5.02 Å². The monoisotopic (exact) mass is 295 g/mol. The third kappa shape index (κ3) is 3.66. The molecular formula is C9H11Cl2N3O4. The van der Waals surface area contributed by atoms with Crippen LogP contribution in [0.25, 0.3) is 0 Å². The molecule has 1 rings (SSSR count). The van der Waals surface area contributed by atoms with Crippen LogP contribution in [-0.2, 0) is 4.79 Å². The average molecular weight is 296 g/mol. The first-order chi connectivity index (χ1) is 7.97. The molecule has 9 heteroatoms.